The largest absolute Gasteiger partial charge is 0.380 e. The van der Waals surface area contributed by atoms with Crippen molar-refractivity contribution < 1.29 is 9.90 Å². The molecule has 64 valence electrons. The first-order chi connectivity index (χ1) is 5.19. The molecule has 5 heteroatoms. The van der Waals surface area contributed by atoms with Gasteiger partial charge in [0.2, 0.25) is 0 Å². The second-order valence-corrected chi connectivity index (χ2v) is 2.89. The summed E-state index contributed by atoms with van der Waals surface area (Å²) in [6.07, 6.45) is 0.844. The van der Waals surface area contributed by atoms with Crippen LogP contribution in [-0.2, 0) is 4.79 Å². The summed E-state index contributed by atoms with van der Waals surface area (Å²) in [5, 5.41) is 12.6. The molecular formula is C6H11ClN2O2. The molecule has 1 saturated heterocycles. The van der Waals surface area contributed by atoms with Crippen LogP contribution in [0.2, 0.25) is 0 Å². The number of hydrogen-bond acceptors (Lipinski definition) is 3. The van der Waals surface area contributed by atoms with Crippen molar-refractivity contribution >= 4 is 17.7 Å². The Kier molecular flexibility index (Phi) is 2.70. The van der Waals surface area contributed by atoms with Crippen LogP contribution < -0.4 is 10.2 Å². The fourth-order valence-corrected chi connectivity index (χ4v) is 1.33. The lowest BCUT2D eigenvalue weighted by molar-refractivity contribution is -0.140. The van der Waals surface area contributed by atoms with Crippen LogP contribution >= 0.6 is 11.8 Å². The summed E-state index contributed by atoms with van der Waals surface area (Å²) >= 11 is 5.10. The Morgan fingerprint density at radius 1 is 1.55 bits per heavy atom. The van der Waals surface area contributed by atoms with Gasteiger partial charge in [-0.1, -0.05) is 0 Å². The highest BCUT2D eigenvalue weighted by molar-refractivity contribution is 6.22. The molecule has 11 heavy (non-hydrogen) atoms. The fraction of sp³-hybridized carbons (Fsp3) is 0.833. The van der Waals surface area contributed by atoms with Crippen molar-refractivity contribution in [2.45, 2.75) is 18.4 Å². The van der Waals surface area contributed by atoms with Crippen LogP contribution in [0.15, 0.2) is 0 Å². The Morgan fingerprint density at radius 3 is 2.55 bits per heavy atom. The Hall–Kier alpha value is -0.320. The van der Waals surface area contributed by atoms with E-state index in [1.54, 1.807) is 0 Å². The monoisotopic (exact) mass is 178 g/mol. The average molecular weight is 179 g/mol. The Labute approximate surface area is 70.0 Å². The van der Waals surface area contributed by atoms with Gasteiger partial charge in [0.1, 0.15) is 5.60 Å². The third-order valence-electron chi connectivity index (χ3n) is 1.94. The molecule has 0 spiro atoms. The van der Waals surface area contributed by atoms with E-state index in [1.807, 2.05) is 4.84 Å². The fourth-order valence-electron chi connectivity index (χ4n) is 1.16. The molecule has 1 amide bonds. The van der Waals surface area contributed by atoms with Gasteiger partial charge in [-0.25, -0.2) is 0 Å². The molecule has 0 bridgehead atoms. The molecule has 0 radical (unpaired) electrons. The number of nitrogens with one attached hydrogen (secondary N) is 2. The molecule has 1 aliphatic heterocycles. The smallest absolute Gasteiger partial charge is 0.266 e. The van der Waals surface area contributed by atoms with Crippen LogP contribution in [0.4, 0.5) is 0 Å². The molecule has 1 heterocycles. The molecule has 0 atom stereocenters. The van der Waals surface area contributed by atoms with E-state index >= 15 is 0 Å². The molecule has 0 aliphatic carbocycles. The number of amides is 1. The van der Waals surface area contributed by atoms with Gasteiger partial charge in [0.15, 0.2) is 0 Å². The van der Waals surface area contributed by atoms with E-state index in [2.05, 4.69) is 5.32 Å². The summed E-state index contributed by atoms with van der Waals surface area (Å²) in [6, 6.07) is 0. The summed E-state index contributed by atoms with van der Waals surface area (Å²) in [5.74, 6) is -0.499. The molecule has 0 aromatic heterocycles. The normalized spacial score (nSPS) is 22.7. The average Bonchev–Trinajstić information content (AvgIpc) is 2.04. The minimum absolute atomic E-state index is 0.422. The summed E-state index contributed by atoms with van der Waals surface area (Å²) in [5.41, 5.74) is -1.26. The van der Waals surface area contributed by atoms with E-state index in [9.17, 15) is 9.90 Å². The summed E-state index contributed by atoms with van der Waals surface area (Å²) < 4.78 is 0. The molecule has 1 aliphatic rings. The van der Waals surface area contributed by atoms with Crippen LogP contribution in [0.5, 0.6) is 0 Å². The lowest BCUT2D eigenvalue weighted by Gasteiger charge is -2.29. The number of aliphatic hydroxyl groups is 1. The first-order valence-corrected chi connectivity index (χ1v) is 3.91. The van der Waals surface area contributed by atoms with Crippen LogP contribution in [0.25, 0.3) is 0 Å². The Bertz CT molecular complexity index is 157. The first kappa shape index (κ1) is 8.77. The Balaban J connectivity index is 2.56. The zero-order valence-electron chi connectivity index (χ0n) is 6.06. The number of piperidine rings is 1. The van der Waals surface area contributed by atoms with Crippen molar-refractivity contribution in [2.24, 2.45) is 0 Å². The number of hydrogen-bond donors (Lipinski definition) is 3. The zero-order valence-corrected chi connectivity index (χ0v) is 6.82. The van der Waals surface area contributed by atoms with E-state index in [0.717, 1.165) is 0 Å². The van der Waals surface area contributed by atoms with Gasteiger partial charge in [0.05, 0.1) is 0 Å². The number of carbonyl (C=O) groups is 1. The SMILES string of the molecule is O=C(NCl)C1(O)CCNCC1. The maximum Gasteiger partial charge on any atom is 0.266 e. The molecule has 0 unspecified atom stereocenters. The summed E-state index contributed by atoms with van der Waals surface area (Å²) in [4.78, 5) is 12.9. The molecule has 0 saturated carbocycles. The standard InChI is InChI=1S/C6H11ClN2O2/c7-9-5(10)6(11)1-3-8-4-2-6/h8,11H,1-4H2,(H,9,10). The van der Waals surface area contributed by atoms with Crippen molar-refractivity contribution in [1.29, 1.82) is 0 Å². The Morgan fingerprint density at radius 2 is 2.09 bits per heavy atom. The molecule has 0 aromatic carbocycles. The van der Waals surface area contributed by atoms with Crippen LogP contribution in [0, 0.1) is 0 Å². The quantitative estimate of drug-likeness (QED) is 0.469. The molecular weight excluding hydrogens is 168 g/mol. The maximum absolute atomic E-state index is 11.0. The van der Waals surface area contributed by atoms with Gasteiger partial charge >= 0.3 is 0 Å². The second kappa shape index (κ2) is 3.38. The summed E-state index contributed by atoms with van der Waals surface area (Å²) in [6.45, 7) is 1.31. The van der Waals surface area contributed by atoms with Gasteiger partial charge < -0.3 is 10.4 Å². The lowest BCUT2D eigenvalue weighted by atomic mass is 9.92. The predicted molar refractivity (Wildman–Crippen MR) is 41.0 cm³/mol. The van der Waals surface area contributed by atoms with Crippen molar-refractivity contribution in [2.75, 3.05) is 13.1 Å². The third-order valence-corrected chi connectivity index (χ3v) is 2.11. The van der Waals surface area contributed by atoms with Gasteiger partial charge in [-0.15, -0.1) is 0 Å². The van der Waals surface area contributed by atoms with Gasteiger partial charge in [-0.05, 0) is 25.9 Å². The van der Waals surface area contributed by atoms with E-state index in [0.29, 0.717) is 25.9 Å². The van der Waals surface area contributed by atoms with Crippen LogP contribution in [-0.4, -0.2) is 29.7 Å². The van der Waals surface area contributed by atoms with Crippen LogP contribution in [0.1, 0.15) is 12.8 Å². The topological polar surface area (TPSA) is 61.4 Å². The van der Waals surface area contributed by atoms with Crippen molar-refractivity contribution in [1.82, 2.24) is 10.2 Å². The lowest BCUT2D eigenvalue weighted by Crippen LogP contribution is -2.51. The summed E-state index contributed by atoms with van der Waals surface area (Å²) in [7, 11) is 0. The second-order valence-electron chi connectivity index (χ2n) is 2.71. The molecule has 4 nitrogen and oxygen atoms in total. The van der Waals surface area contributed by atoms with Crippen molar-refractivity contribution in [3.05, 3.63) is 0 Å². The third kappa shape index (κ3) is 1.83. The maximum atomic E-state index is 11.0. The predicted octanol–water partition coefficient (Wildman–Crippen LogP) is -0.629. The van der Waals surface area contributed by atoms with E-state index in [-0.39, 0.29) is 0 Å². The molecule has 3 N–H and O–H groups in total. The number of carbonyl (C=O) groups excluding carboxylic acids is 1. The minimum Gasteiger partial charge on any atom is -0.380 e. The highest BCUT2D eigenvalue weighted by Crippen LogP contribution is 2.17. The molecule has 0 aromatic rings. The van der Waals surface area contributed by atoms with E-state index < -0.39 is 11.5 Å². The molecule has 1 fully saturated rings. The number of rotatable bonds is 1. The number of halogens is 1. The van der Waals surface area contributed by atoms with Gasteiger partial charge in [-0.2, -0.15) is 0 Å². The van der Waals surface area contributed by atoms with Crippen molar-refractivity contribution in [3.63, 3.8) is 0 Å². The zero-order chi connectivity index (χ0) is 8.32. The minimum atomic E-state index is -1.26. The van der Waals surface area contributed by atoms with E-state index in [4.69, 9.17) is 11.8 Å². The highest BCUT2D eigenvalue weighted by atomic mass is 35.5. The highest BCUT2D eigenvalue weighted by Gasteiger charge is 2.36. The first-order valence-electron chi connectivity index (χ1n) is 3.53. The van der Waals surface area contributed by atoms with Gasteiger partial charge in [-0.3, -0.25) is 9.63 Å². The van der Waals surface area contributed by atoms with Gasteiger partial charge in [0.25, 0.3) is 5.91 Å². The van der Waals surface area contributed by atoms with Crippen LogP contribution in [0.3, 0.4) is 0 Å². The van der Waals surface area contributed by atoms with E-state index in [1.165, 1.54) is 0 Å². The van der Waals surface area contributed by atoms with Crippen molar-refractivity contribution in [3.8, 4) is 0 Å². The van der Waals surface area contributed by atoms with Gasteiger partial charge in [0, 0.05) is 11.8 Å². The molecule has 1 rings (SSSR count).